The van der Waals surface area contributed by atoms with Gasteiger partial charge in [0.15, 0.2) is 0 Å². The van der Waals surface area contributed by atoms with Crippen molar-refractivity contribution in [2.24, 2.45) is 11.1 Å². The van der Waals surface area contributed by atoms with Crippen LogP contribution in [0.2, 0.25) is 0 Å². The minimum atomic E-state index is -3.38. The Morgan fingerprint density at radius 2 is 1.95 bits per heavy atom. The summed E-state index contributed by atoms with van der Waals surface area (Å²) in [6.45, 7) is 3.63. The van der Waals surface area contributed by atoms with Gasteiger partial charge >= 0.3 is 0 Å². The molecule has 0 aliphatic carbocycles. The second kappa shape index (κ2) is 6.66. The third-order valence-corrected chi connectivity index (χ3v) is 6.32. The summed E-state index contributed by atoms with van der Waals surface area (Å²) in [4.78, 5) is 1.43. The molecule has 1 heterocycles. The van der Waals surface area contributed by atoms with Crippen molar-refractivity contribution in [3.05, 3.63) is 24.3 Å². The van der Waals surface area contributed by atoms with Crippen LogP contribution in [-0.2, 0) is 10.0 Å². The zero-order valence-electron chi connectivity index (χ0n) is 11.7. The van der Waals surface area contributed by atoms with Crippen LogP contribution in [0.15, 0.2) is 34.1 Å². The van der Waals surface area contributed by atoms with E-state index in [9.17, 15) is 8.42 Å². The average Bonchev–Trinajstić information content (AvgIpc) is 2.83. The highest BCUT2D eigenvalue weighted by Crippen LogP contribution is 2.32. The zero-order chi connectivity index (χ0) is 14.1. The molecule has 7 heteroatoms. The Labute approximate surface area is 131 Å². The molecule has 0 radical (unpaired) electrons. The number of sulfonamides is 1. The highest BCUT2D eigenvalue weighted by Gasteiger charge is 2.38. The Morgan fingerprint density at radius 1 is 1.35 bits per heavy atom. The van der Waals surface area contributed by atoms with Crippen LogP contribution in [0.3, 0.4) is 0 Å². The molecule has 1 fully saturated rings. The number of nitrogens with two attached hydrogens (primary N) is 1. The van der Waals surface area contributed by atoms with Crippen LogP contribution in [0.25, 0.3) is 0 Å². The van der Waals surface area contributed by atoms with Crippen LogP contribution in [-0.4, -0.2) is 38.6 Å². The number of halogens is 1. The molecule has 0 bridgehead atoms. The Balaban J connectivity index is 0.00000200. The van der Waals surface area contributed by atoms with Crippen LogP contribution < -0.4 is 5.73 Å². The van der Waals surface area contributed by atoms with Gasteiger partial charge < -0.3 is 5.73 Å². The molecule has 1 aromatic carbocycles. The first-order valence-electron chi connectivity index (χ1n) is 6.26. The van der Waals surface area contributed by atoms with Crippen molar-refractivity contribution >= 4 is 34.2 Å². The third-order valence-electron chi connectivity index (χ3n) is 3.71. The van der Waals surface area contributed by atoms with Crippen molar-refractivity contribution in [3.63, 3.8) is 0 Å². The summed E-state index contributed by atoms with van der Waals surface area (Å²) in [7, 11) is -3.38. The van der Waals surface area contributed by atoms with Gasteiger partial charge in [-0.3, -0.25) is 0 Å². The largest absolute Gasteiger partial charge is 0.330 e. The van der Waals surface area contributed by atoms with Gasteiger partial charge in [0, 0.05) is 18.0 Å². The minimum absolute atomic E-state index is 0. The second-order valence-corrected chi connectivity index (χ2v) is 8.10. The summed E-state index contributed by atoms with van der Waals surface area (Å²) < 4.78 is 26.6. The van der Waals surface area contributed by atoms with Gasteiger partial charge in [0.2, 0.25) is 10.0 Å². The van der Waals surface area contributed by atoms with E-state index in [1.54, 1.807) is 28.2 Å². The minimum Gasteiger partial charge on any atom is -0.330 e. The van der Waals surface area contributed by atoms with E-state index in [0.29, 0.717) is 24.5 Å². The van der Waals surface area contributed by atoms with Crippen molar-refractivity contribution in [2.45, 2.75) is 23.1 Å². The molecular weight excluding hydrogens is 316 g/mol. The van der Waals surface area contributed by atoms with Gasteiger partial charge in [0.25, 0.3) is 0 Å². The lowest BCUT2D eigenvalue weighted by Gasteiger charge is -2.22. The van der Waals surface area contributed by atoms with Crippen molar-refractivity contribution in [2.75, 3.05) is 25.9 Å². The van der Waals surface area contributed by atoms with Crippen molar-refractivity contribution in [1.82, 2.24) is 4.31 Å². The molecular formula is C13H21ClN2O2S2. The van der Waals surface area contributed by atoms with E-state index in [-0.39, 0.29) is 17.8 Å². The summed E-state index contributed by atoms with van der Waals surface area (Å²) in [5, 5.41) is 0. The molecule has 2 rings (SSSR count). The number of thioether (sulfide) groups is 1. The maximum Gasteiger partial charge on any atom is 0.243 e. The van der Waals surface area contributed by atoms with E-state index >= 15 is 0 Å². The Kier molecular flexibility index (Phi) is 5.92. The highest BCUT2D eigenvalue weighted by molar-refractivity contribution is 7.98. The van der Waals surface area contributed by atoms with Gasteiger partial charge in [-0.25, -0.2) is 8.42 Å². The average molecular weight is 337 g/mol. The van der Waals surface area contributed by atoms with Crippen molar-refractivity contribution in [1.29, 1.82) is 0 Å². The first-order chi connectivity index (χ1) is 8.91. The SMILES string of the molecule is CSc1ccc(S(=O)(=O)N2CCC(C)(CN)C2)cc1.Cl. The number of nitrogens with zero attached hydrogens (tertiary/aromatic N) is 1. The number of rotatable bonds is 4. The fourth-order valence-electron chi connectivity index (χ4n) is 2.25. The van der Waals surface area contributed by atoms with Gasteiger partial charge in [0.1, 0.15) is 0 Å². The topological polar surface area (TPSA) is 63.4 Å². The van der Waals surface area contributed by atoms with Crippen LogP contribution >= 0.6 is 24.2 Å². The van der Waals surface area contributed by atoms with E-state index in [1.165, 1.54) is 0 Å². The van der Waals surface area contributed by atoms with Crippen LogP contribution in [0.1, 0.15) is 13.3 Å². The van der Waals surface area contributed by atoms with Gasteiger partial charge in [-0.15, -0.1) is 24.2 Å². The fraction of sp³-hybridized carbons (Fsp3) is 0.538. The standard InChI is InChI=1S/C13H20N2O2S2.ClH/c1-13(9-14)7-8-15(10-13)19(16,17)12-5-3-11(18-2)4-6-12;/h3-6H,7-10,14H2,1-2H3;1H. The molecule has 0 saturated carbocycles. The Bertz CT molecular complexity index is 548. The molecule has 1 aromatic rings. The van der Waals surface area contributed by atoms with Gasteiger partial charge in [-0.2, -0.15) is 4.31 Å². The molecule has 1 aliphatic rings. The molecule has 4 nitrogen and oxygen atoms in total. The monoisotopic (exact) mass is 336 g/mol. The van der Waals surface area contributed by atoms with Crippen LogP contribution in [0.4, 0.5) is 0 Å². The predicted molar refractivity (Wildman–Crippen MR) is 86.0 cm³/mol. The second-order valence-electron chi connectivity index (χ2n) is 5.28. The smallest absolute Gasteiger partial charge is 0.243 e. The quantitative estimate of drug-likeness (QED) is 0.856. The van der Waals surface area contributed by atoms with E-state index in [4.69, 9.17) is 5.73 Å². The summed E-state index contributed by atoms with van der Waals surface area (Å²) >= 11 is 1.60. The molecule has 1 unspecified atom stereocenters. The first kappa shape index (κ1) is 17.8. The first-order valence-corrected chi connectivity index (χ1v) is 8.92. The van der Waals surface area contributed by atoms with Crippen LogP contribution in [0.5, 0.6) is 0 Å². The molecule has 0 amide bonds. The number of hydrogen-bond acceptors (Lipinski definition) is 4. The fourth-order valence-corrected chi connectivity index (χ4v) is 4.25. The van der Waals surface area contributed by atoms with Crippen molar-refractivity contribution < 1.29 is 8.42 Å². The van der Waals surface area contributed by atoms with E-state index in [2.05, 4.69) is 0 Å². The lowest BCUT2D eigenvalue weighted by atomic mass is 9.90. The molecule has 0 aromatic heterocycles. The Hall–Kier alpha value is -0.270. The lowest BCUT2D eigenvalue weighted by Crippen LogP contribution is -2.34. The number of benzene rings is 1. The molecule has 1 saturated heterocycles. The van der Waals surface area contributed by atoms with E-state index in [1.807, 2.05) is 25.3 Å². The third kappa shape index (κ3) is 3.49. The number of hydrogen-bond donors (Lipinski definition) is 1. The summed E-state index contributed by atoms with van der Waals surface area (Å²) in [6.07, 6.45) is 2.79. The molecule has 0 spiro atoms. The molecule has 114 valence electrons. The summed E-state index contributed by atoms with van der Waals surface area (Å²) in [5.41, 5.74) is 5.63. The molecule has 20 heavy (non-hydrogen) atoms. The van der Waals surface area contributed by atoms with Crippen LogP contribution in [0, 0.1) is 5.41 Å². The molecule has 1 aliphatic heterocycles. The van der Waals surface area contributed by atoms with Crippen molar-refractivity contribution in [3.8, 4) is 0 Å². The predicted octanol–water partition coefficient (Wildman–Crippen LogP) is 2.19. The maximum absolute atomic E-state index is 12.5. The Morgan fingerprint density at radius 3 is 2.40 bits per heavy atom. The molecule has 2 N–H and O–H groups in total. The zero-order valence-corrected chi connectivity index (χ0v) is 14.2. The van der Waals surface area contributed by atoms with Gasteiger partial charge in [-0.1, -0.05) is 6.92 Å². The van der Waals surface area contributed by atoms with E-state index in [0.717, 1.165) is 11.3 Å². The highest BCUT2D eigenvalue weighted by atomic mass is 35.5. The lowest BCUT2D eigenvalue weighted by molar-refractivity contribution is 0.349. The summed E-state index contributed by atoms with van der Waals surface area (Å²) in [5.74, 6) is 0. The van der Waals surface area contributed by atoms with E-state index < -0.39 is 10.0 Å². The normalized spacial score (nSPS) is 23.6. The summed E-state index contributed by atoms with van der Waals surface area (Å²) in [6, 6.07) is 7.05. The molecule has 1 atom stereocenters. The maximum atomic E-state index is 12.5. The van der Waals surface area contributed by atoms with Gasteiger partial charge in [-0.05, 0) is 48.9 Å². The van der Waals surface area contributed by atoms with Gasteiger partial charge in [0.05, 0.1) is 4.90 Å².